The van der Waals surface area contributed by atoms with Crippen LogP contribution in [0.25, 0.3) is 0 Å². The third kappa shape index (κ3) is 5.35. The van der Waals surface area contributed by atoms with Gasteiger partial charge in [-0.05, 0) is 49.7 Å². The zero-order valence-corrected chi connectivity index (χ0v) is 19.3. The van der Waals surface area contributed by atoms with E-state index in [-0.39, 0.29) is 16.7 Å². The number of carbonyl (C=O) groups is 2. The number of carbonyl (C=O) groups excluding carboxylic acids is 2. The van der Waals surface area contributed by atoms with Gasteiger partial charge >= 0.3 is 0 Å². The smallest absolute Gasteiger partial charge is 0.246 e. The van der Waals surface area contributed by atoms with Gasteiger partial charge in [0, 0.05) is 43.1 Å². The predicted octanol–water partition coefficient (Wildman–Crippen LogP) is 2.27. The highest BCUT2D eigenvalue weighted by atomic mass is 32.2. The average molecular weight is 473 g/mol. The Morgan fingerprint density at radius 1 is 1.03 bits per heavy atom. The Hall–Kier alpha value is -2.95. The number of sulfonamides is 1. The van der Waals surface area contributed by atoms with Crippen molar-refractivity contribution in [2.45, 2.75) is 30.7 Å². The fourth-order valence-corrected chi connectivity index (χ4v) is 5.38. The number of ether oxygens (including phenoxy) is 1. The van der Waals surface area contributed by atoms with Gasteiger partial charge in [-0.15, -0.1) is 0 Å². The van der Waals surface area contributed by atoms with Crippen LogP contribution in [0.4, 0.5) is 17.1 Å². The molecular formula is C23H28N4O5S. The summed E-state index contributed by atoms with van der Waals surface area (Å²) in [6.45, 7) is 3.77. The molecule has 0 aliphatic carbocycles. The number of hydrogen-bond donors (Lipinski definition) is 2. The number of benzene rings is 2. The summed E-state index contributed by atoms with van der Waals surface area (Å²) >= 11 is 0. The molecule has 0 saturated carbocycles. The lowest BCUT2D eigenvalue weighted by Crippen LogP contribution is -2.40. The molecule has 2 aliphatic rings. The minimum absolute atomic E-state index is 0.102. The molecule has 2 fully saturated rings. The van der Waals surface area contributed by atoms with E-state index in [0.717, 1.165) is 17.8 Å². The first-order valence-electron chi connectivity index (χ1n) is 11.0. The normalized spacial score (nSPS) is 18.2. The molecule has 9 nitrogen and oxygen atoms in total. The monoisotopic (exact) mass is 472 g/mol. The van der Waals surface area contributed by atoms with E-state index in [0.29, 0.717) is 45.0 Å². The number of hydrogen-bond acceptors (Lipinski definition) is 6. The van der Waals surface area contributed by atoms with E-state index in [2.05, 4.69) is 10.6 Å². The maximum atomic E-state index is 12.9. The molecule has 0 spiro atoms. The lowest BCUT2D eigenvalue weighted by molar-refractivity contribution is -0.117. The second-order valence-electron chi connectivity index (χ2n) is 8.10. The van der Waals surface area contributed by atoms with Gasteiger partial charge in [-0.2, -0.15) is 4.31 Å². The van der Waals surface area contributed by atoms with E-state index < -0.39 is 16.1 Å². The lowest BCUT2D eigenvalue weighted by atomic mass is 10.2. The number of anilines is 3. The third-order valence-corrected chi connectivity index (χ3v) is 7.61. The average Bonchev–Trinajstić information content (AvgIpc) is 3.26. The summed E-state index contributed by atoms with van der Waals surface area (Å²) in [6.07, 6.45) is 1.40. The van der Waals surface area contributed by atoms with Crippen molar-refractivity contribution in [2.24, 2.45) is 0 Å². The maximum Gasteiger partial charge on any atom is 0.246 e. The molecule has 2 aromatic carbocycles. The molecule has 4 rings (SSSR count). The molecule has 0 aromatic heterocycles. The summed E-state index contributed by atoms with van der Waals surface area (Å²) in [5.41, 5.74) is 1.93. The summed E-state index contributed by atoms with van der Waals surface area (Å²) in [4.78, 5) is 26.6. The predicted molar refractivity (Wildman–Crippen MR) is 126 cm³/mol. The molecule has 10 heteroatoms. The van der Waals surface area contributed by atoms with E-state index in [1.165, 1.54) is 16.4 Å². The van der Waals surface area contributed by atoms with Crippen molar-refractivity contribution >= 4 is 38.9 Å². The number of rotatable bonds is 7. The molecule has 0 unspecified atom stereocenters. The van der Waals surface area contributed by atoms with Crippen molar-refractivity contribution in [3.8, 4) is 0 Å². The SMILES string of the molecule is C[C@@H](Nc1cccc(N2CCCC2=O)c1)C(=O)Nc1cccc(S(=O)(=O)N2CCOCC2)c1. The molecular weight excluding hydrogens is 444 g/mol. The van der Waals surface area contributed by atoms with Crippen LogP contribution in [-0.2, 0) is 24.3 Å². The van der Waals surface area contributed by atoms with Gasteiger partial charge in [0.05, 0.1) is 18.1 Å². The van der Waals surface area contributed by atoms with Crippen molar-refractivity contribution in [3.05, 3.63) is 48.5 Å². The summed E-state index contributed by atoms with van der Waals surface area (Å²) in [7, 11) is -3.65. The molecule has 0 bridgehead atoms. The van der Waals surface area contributed by atoms with Gasteiger partial charge in [-0.1, -0.05) is 12.1 Å². The number of morpholine rings is 1. The zero-order valence-electron chi connectivity index (χ0n) is 18.5. The minimum atomic E-state index is -3.65. The first-order chi connectivity index (χ1) is 15.8. The van der Waals surface area contributed by atoms with Crippen LogP contribution in [0.3, 0.4) is 0 Å². The lowest BCUT2D eigenvalue weighted by Gasteiger charge is -2.26. The number of amides is 2. The largest absolute Gasteiger partial charge is 0.379 e. The second kappa shape index (κ2) is 9.90. The molecule has 2 amide bonds. The molecule has 1 atom stereocenters. The quantitative estimate of drug-likeness (QED) is 0.640. The van der Waals surface area contributed by atoms with Crippen molar-refractivity contribution in [3.63, 3.8) is 0 Å². The van der Waals surface area contributed by atoms with Crippen LogP contribution in [0.5, 0.6) is 0 Å². The van der Waals surface area contributed by atoms with Gasteiger partial charge in [-0.25, -0.2) is 8.42 Å². The van der Waals surface area contributed by atoms with E-state index in [9.17, 15) is 18.0 Å². The van der Waals surface area contributed by atoms with Gasteiger partial charge in [-0.3, -0.25) is 9.59 Å². The molecule has 2 heterocycles. The molecule has 176 valence electrons. The van der Waals surface area contributed by atoms with Gasteiger partial charge in [0.25, 0.3) is 0 Å². The second-order valence-corrected chi connectivity index (χ2v) is 10.0. The van der Waals surface area contributed by atoms with E-state index in [1.807, 2.05) is 24.3 Å². The van der Waals surface area contributed by atoms with Gasteiger partial charge in [0.2, 0.25) is 21.8 Å². The number of nitrogens with one attached hydrogen (secondary N) is 2. The van der Waals surface area contributed by atoms with Gasteiger partial charge in [0.1, 0.15) is 6.04 Å². The summed E-state index contributed by atoms with van der Waals surface area (Å²) < 4.78 is 32.4. The van der Waals surface area contributed by atoms with Crippen LogP contribution in [0.15, 0.2) is 53.4 Å². The maximum absolute atomic E-state index is 12.9. The molecule has 33 heavy (non-hydrogen) atoms. The van der Waals surface area contributed by atoms with Crippen LogP contribution in [0, 0.1) is 0 Å². The van der Waals surface area contributed by atoms with Crippen molar-refractivity contribution < 1.29 is 22.7 Å². The zero-order chi connectivity index (χ0) is 23.4. The molecule has 2 saturated heterocycles. The Morgan fingerprint density at radius 2 is 1.76 bits per heavy atom. The van der Waals surface area contributed by atoms with Crippen molar-refractivity contribution in [2.75, 3.05) is 48.4 Å². The van der Waals surface area contributed by atoms with Crippen LogP contribution in [0.2, 0.25) is 0 Å². The van der Waals surface area contributed by atoms with Crippen LogP contribution < -0.4 is 15.5 Å². The Balaban J connectivity index is 1.41. The van der Waals surface area contributed by atoms with E-state index in [4.69, 9.17) is 4.74 Å². The van der Waals surface area contributed by atoms with E-state index >= 15 is 0 Å². The van der Waals surface area contributed by atoms with Crippen molar-refractivity contribution in [1.29, 1.82) is 0 Å². The van der Waals surface area contributed by atoms with Crippen LogP contribution in [0.1, 0.15) is 19.8 Å². The summed E-state index contributed by atoms with van der Waals surface area (Å²) in [6, 6.07) is 13.1. The highest BCUT2D eigenvalue weighted by molar-refractivity contribution is 7.89. The van der Waals surface area contributed by atoms with E-state index in [1.54, 1.807) is 24.0 Å². The summed E-state index contributed by atoms with van der Waals surface area (Å²) in [5, 5.41) is 5.93. The van der Waals surface area contributed by atoms with Crippen LogP contribution in [-0.4, -0.2) is 63.4 Å². The van der Waals surface area contributed by atoms with Crippen molar-refractivity contribution in [1.82, 2.24) is 4.31 Å². The Bertz CT molecular complexity index is 1130. The van der Waals surface area contributed by atoms with Gasteiger partial charge in [0.15, 0.2) is 0 Å². The van der Waals surface area contributed by atoms with Crippen LogP contribution >= 0.6 is 0 Å². The minimum Gasteiger partial charge on any atom is -0.379 e. The highest BCUT2D eigenvalue weighted by Crippen LogP contribution is 2.25. The molecule has 2 aromatic rings. The third-order valence-electron chi connectivity index (χ3n) is 5.72. The topological polar surface area (TPSA) is 108 Å². The Labute approximate surface area is 193 Å². The molecule has 2 N–H and O–H groups in total. The summed E-state index contributed by atoms with van der Waals surface area (Å²) in [5.74, 6) is -0.205. The molecule has 0 radical (unpaired) electrons. The standard InChI is InChI=1S/C23H28N4O5S/c1-17(24-18-5-2-7-20(15-18)27-10-4-9-22(27)28)23(29)25-19-6-3-8-21(16-19)33(30,31)26-11-13-32-14-12-26/h2-3,5-8,15-17,24H,4,9-14H2,1H3,(H,25,29)/t17-/m1/s1. The van der Waals surface area contributed by atoms with Gasteiger partial charge < -0.3 is 20.3 Å². The Kier molecular flexibility index (Phi) is 6.96. The Morgan fingerprint density at radius 3 is 2.48 bits per heavy atom. The highest BCUT2D eigenvalue weighted by Gasteiger charge is 2.27. The first kappa shape index (κ1) is 23.2. The molecule has 2 aliphatic heterocycles. The first-order valence-corrected chi connectivity index (χ1v) is 12.4. The fraction of sp³-hybridized carbons (Fsp3) is 0.391. The number of nitrogens with zero attached hydrogens (tertiary/aromatic N) is 2. The fourth-order valence-electron chi connectivity index (χ4n) is 3.92.